The van der Waals surface area contributed by atoms with Gasteiger partial charge in [-0.05, 0) is 10.3 Å². The SMILES string of the molecule is Nc1nonc1N1CCC(=O)CC1. The molecule has 6 nitrogen and oxygen atoms in total. The Kier molecular flexibility index (Phi) is 1.88. The molecular weight excluding hydrogens is 172 g/mol. The van der Waals surface area contributed by atoms with Crippen LogP contribution in [-0.4, -0.2) is 29.2 Å². The molecular formula is C7H10N4O2. The first-order valence-corrected chi connectivity index (χ1v) is 4.12. The number of nitrogen functional groups attached to an aromatic ring is 1. The van der Waals surface area contributed by atoms with Crippen LogP contribution in [0.3, 0.4) is 0 Å². The number of piperidine rings is 1. The molecule has 0 spiro atoms. The molecule has 6 heteroatoms. The van der Waals surface area contributed by atoms with Crippen molar-refractivity contribution in [1.82, 2.24) is 10.3 Å². The highest BCUT2D eigenvalue weighted by atomic mass is 16.6. The van der Waals surface area contributed by atoms with Gasteiger partial charge < -0.3 is 10.6 Å². The Bertz CT molecular complexity index is 312. The number of rotatable bonds is 1. The highest BCUT2D eigenvalue weighted by molar-refractivity contribution is 5.81. The average molecular weight is 182 g/mol. The largest absolute Gasteiger partial charge is 0.378 e. The van der Waals surface area contributed by atoms with Gasteiger partial charge in [-0.15, -0.1) is 0 Å². The predicted molar refractivity (Wildman–Crippen MR) is 45.2 cm³/mol. The zero-order valence-electron chi connectivity index (χ0n) is 7.06. The van der Waals surface area contributed by atoms with Gasteiger partial charge in [0.1, 0.15) is 5.78 Å². The standard InChI is InChI=1S/C7H10N4O2/c8-6-7(10-13-9-6)11-3-1-5(12)2-4-11/h1-4H2,(H2,8,9). The van der Waals surface area contributed by atoms with Crippen molar-refractivity contribution in [2.45, 2.75) is 12.8 Å². The lowest BCUT2D eigenvalue weighted by Gasteiger charge is -2.24. The summed E-state index contributed by atoms with van der Waals surface area (Å²) in [4.78, 5) is 12.9. The van der Waals surface area contributed by atoms with Crippen LogP contribution >= 0.6 is 0 Å². The van der Waals surface area contributed by atoms with Gasteiger partial charge >= 0.3 is 0 Å². The molecule has 0 aliphatic carbocycles. The summed E-state index contributed by atoms with van der Waals surface area (Å²) in [6.45, 7) is 1.30. The quantitative estimate of drug-likeness (QED) is 0.648. The van der Waals surface area contributed by atoms with E-state index in [9.17, 15) is 4.79 Å². The number of anilines is 2. The first kappa shape index (κ1) is 8.03. The van der Waals surface area contributed by atoms with Gasteiger partial charge in [0.05, 0.1) is 0 Å². The Morgan fingerprint density at radius 1 is 1.31 bits per heavy atom. The molecule has 0 amide bonds. The lowest BCUT2D eigenvalue weighted by molar-refractivity contribution is -0.119. The van der Waals surface area contributed by atoms with Crippen LogP contribution in [0.4, 0.5) is 11.6 Å². The second kappa shape index (κ2) is 3.04. The predicted octanol–water partition coefficient (Wildman–Crippen LogP) is -0.179. The summed E-state index contributed by atoms with van der Waals surface area (Å²) in [5.41, 5.74) is 5.51. The van der Waals surface area contributed by atoms with E-state index in [1.807, 2.05) is 4.90 Å². The van der Waals surface area contributed by atoms with Gasteiger partial charge in [-0.3, -0.25) is 4.79 Å². The third kappa shape index (κ3) is 1.47. The molecule has 0 bridgehead atoms. The molecule has 0 atom stereocenters. The zero-order valence-corrected chi connectivity index (χ0v) is 7.06. The summed E-state index contributed by atoms with van der Waals surface area (Å²) in [7, 11) is 0. The molecule has 70 valence electrons. The van der Waals surface area contributed by atoms with E-state index in [2.05, 4.69) is 14.9 Å². The van der Waals surface area contributed by atoms with Crippen LogP contribution in [0.25, 0.3) is 0 Å². The molecule has 13 heavy (non-hydrogen) atoms. The smallest absolute Gasteiger partial charge is 0.217 e. The number of nitrogens with zero attached hydrogens (tertiary/aromatic N) is 3. The van der Waals surface area contributed by atoms with Crippen LogP contribution in [0.1, 0.15) is 12.8 Å². The fourth-order valence-corrected chi connectivity index (χ4v) is 1.38. The van der Waals surface area contributed by atoms with E-state index in [0.29, 0.717) is 31.7 Å². The molecule has 1 aromatic rings. The van der Waals surface area contributed by atoms with Gasteiger partial charge in [0, 0.05) is 25.9 Å². The number of ketones is 1. The second-order valence-corrected chi connectivity index (χ2v) is 3.00. The summed E-state index contributed by atoms with van der Waals surface area (Å²) in [6, 6.07) is 0. The van der Waals surface area contributed by atoms with Crippen LogP contribution in [0.2, 0.25) is 0 Å². The van der Waals surface area contributed by atoms with E-state index in [1.165, 1.54) is 0 Å². The Labute approximate surface area is 74.6 Å². The maximum atomic E-state index is 10.9. The molecule has 1 saturated heterocycles. The minimum atomic E-state index is 0.284. The lowest BCUT2D eigenvalue weighted by atomic mass is 10.1. The highest BCUT2D eigenvalue weighted by Gasteiger charge is 2.21. The van der Waals surface area contributed by atoms with E-state index in [0.717, 1.165) is 0 Å². The van der Waals surface area contributed by atoms with E-state index >= 15 is 0 Å². The summed E-state index contributed by atoms with van der Waals surface area (Å²) >= 11 is 0. The number of Topliss-reactive ketones (excluding diaryl/α,β-unsaturated/α-hetero) is 1. The van der Waals surface area contributed by atoms with E-state index in [4.69, 9.17) is 5.73 Å². The van der Waals surface area contributed by atoms with Gasteiger partial charge in [-0.25, -0.2) is 4.63 Å². The molecule has 1 aliphatic heterocycles. The van der Waals surface area contributed by atoms with Gasteiger partial charge in [0.25, 0.3) is 0 Å². The van der Waals surface area contributed by atoms with Crippen molar-refractivity contribution in [2.75, 3.05) is 23.7 Å². The summed E-state index contributed by atoms with van der Waals surface area (Å²) in [6.07, 6.45) is 1.10. The van der Waals surface area contributed by atoms with Crippen molar-refractivity contribution < 1.29 is 9.42 Å². The van der Waals surface area contributed by atoms with Gasteiger partial charge in [0.2, 0.25) is 11.6 Å². The fraction of sp³-hybridized carbons (Fsp3) is 0.571. The maximum Gasteiger partial charge on any atom is 0.217 e. The molecule has 2 N–H and O–H groups in total. The van der Waals surface area contributed by atoms with Crippen LogP contribution in [0, 0.1) is 0 Å². The van der Waals surface area contributed by atoms with Crippen LogP contribution in [-0.2, 0) is 4.79 Å². The second-order valence-electron chi connectivity index (χ2n) is 3.00. The summed E-state index contributed by atoms with van der Waals surface area (Å²) in [5.74, 6) is 1.12. The van der Waals surface area contributed by atoms with Gasteiger partial charge in [0.15, 0.2) is 0 Å². The first-order chi connectivity index (χ1) is 6.27. The van der Waals surface area contributed by atoms with E-state index in [-0.39, 0.29) is 11.6 Å². The number of hydrogen-bond acceptors (Lipinski definition) is 6. The Morgan fingerprint density at radius 2 is 2.00 bits per heavy atom. The Hall–Kier alpha value is -1.59. The molecule has 2 heterocycles. The number of carbonyl (C=O) groups excluding carboxylic acids is 1. The molecule has 0 saturated carbocycles. The maximum absolute atomic E-state index is 10.9. The van der Waals surface area contributed by atoms with Crippen molar-refractivity contribution in [3.63, 3.8) is 0 Å². The summed E-state index contributed by atoms with van der Waals surface area (Å²) in [5, 5.41) is 7.14. The van der Waals surface area contributed by atoms with Crippen molar-refractivity contribution >= 4 is 17.4 Å². The molecule has 1 aliphatic rings. The normalized spacial score (nSPS) is 17.8. The monoisotopic (exact) mass is 182 g/mol. The van der Waals surface area contributed by atoms with Crippen LogP contribution in [0.15, 0.2) is 4.63 Å². The summed E-state index contributed by atoms with van der Waals surface area (Å²) < 4.78 is 4.47. The number of nitrogens with two attached hydrogens (primary N) is 1. The van der Waals surface area contributed by atoms with E-state index < -0.39 is 0 Å². The molecule has 0 unspecified atom stereocenters. The molecule has 1 aromatic heterocycles. The molecule has 2 rings (SSSR count). The Morgan fingerprint density at radius 3 is 2.54 bits per heavy atom. The van der Waals surface area contributed by atoms with E-state index in [1.54, 1.807) is 0 Å². The number of hydrogen-bond donors (Lipinski definition) is 1. The lowest BCUT2D eigenvalue weighted by Crippen LogP contribution is -2.34. The van der Waals surface area contributed by atoms with Crippen LogP contribution in [0.5, 0.6) is 0 Å². The molecule has 0 radical (unpaired) electrons. The van der Waals surface area contributed by atoms with Crippen molar-refractivity contribution in [3.8, 4) is 0 Å². The van der Waals surface area contributed by atoms with Gasteiger partial charge in [-0.1, -0.05) is 0 Å². The van der Waals surface area contributed by atoms with Crippen molar-refractivity contribution in [1.29, 1.82) is 0 Å². The zero-order chi connectivity index (χ0) is 9.26. The topological polar surface area (TPSA) is 85.2 Å². The van der Waals surface area contributed by atoms with Crippen LogP contribution < -0.4 is 10.6 Å². The first-order valence-electron chi connectivity index (χ1n) is 4.12. The molecule has 1 fully saturated rings. The van der Waals surface area contributed by atoms with Gasteiger partial charge in [-0.2, -0.15) is 0 Å². The Balaban J connectivity index is 2.10. The fourth-order valence-electron chi connectivity index (χ4n) is 1.38. The third-order valence-electron chi connectivity index (χ3n) is 2.12. The number of aromatic nitrogens is 2. The minimum absolute atomic E-state index is 0.284. The van der Waals surface area contributed by atoms with Crippen molar-refractivity contribution in [2.24, 2.45) is 0 Å². The average Bonchev–Trinajstić information content (AvgIpc) is 2.53. The van der Waals surface area contributed by atoms with Crippen molar-refractivity contribution in [3.05, 3.63) is 0 Å². The third-order valence-corrected chi connectivity index (χ3v) is 2.12. The molecule has 0 aromatic carbocycles. The number of carbonyl (C=O) groups is 1. The highest BCUT2D eigenvalue weighted by Crippen LogP contribution is 2.20. The minimum Gasteiger partial charge on any atom is -0.378 e.